The Kier molecular flexibility index (Phi) is 8.40. The van der Waals surface area contributed by atoms with Gasteiger partial charge < -0.3 is 20.4 Å². The molecule has 0 saturated heterocycles. The Balaban J connectivity index is 0.00000342. The van der Waals surface area contributed by atoms with E-state index in [9.17, 15) is 9.59 Å². The Morgan fingerprint density at radius 1 is 1.00 bits per heavy atom. The third-order valence-corrected chi connectivity index (χ3v) is 6.11. The number of hydrogen-bond acceptors (Lipinski definition) is 4. The average molecular weight is 534 g/mol. The van der Waals surface area contributed by atoms with E-state index in [1.165, 1.54) is 0 Å². The number of fused-ring (bicyclic) bond motifs is 1. The third-order valence-electron chi connectivity index (χ3n) is 5.38. The second-order valence-corrected chi connectivity index (χ2v) is 8.60. The molecule has 0 unspecified atom stereocenters. The molecule has 1 aromatic heterocycles. The fraction of sp³-hybridized carbons (Fsp3) is 0.160. The van der Waals surface area contributed by atoms with Crippen molar-refractivity contribution in [2.24, 2.45) is 0 Å². The summed E-state index contributed by atoms with van der Waals surface area (Å²) >= 11 is 12.5. The normalized spacial score (nSPS) is 10.7. The predicted molar refractivity (Wildman–Crippen MR) is 142 cm³/mol. The van der Waals surface area contributed by atoms with E-state index in [2.05, 4.69) is 20.6 Å². The van der Waals surface area contributed by atoms with Crippen LogP contribution in [0.15, 0.2) is 48.5 Å². The number of rotatable bonds is 6. The molecule has 0 atom stereocenters. The van der Waals surface area contributed by atoms with E-state index in [-0.39, 0.29) is 30.5 Å². The van der Waals surface area contributed by atoms with Gasteiger partial charge >= 0.3 is 0 Å². The highest BCUT2D eigenvalue weighted by Crippen LogP contribution is 2.28. The fourth-order valence-corrected chi connectivity index (χ4v) is 4.15. The zero-order chi connectivity index (χ0) is 24.4. The molecule has 35 heavy (non-hydrogen) atoms. The highest BCUT2D eigenvalue weighted by atomic mass is 35.5. The molecule has 0 aliphatic heterocycles. The van der Waals surface area contributed by atoms with Crippen LogP contribution in [-0.4, -0.2) is 28.9 Å². The van der Waals surface area contributed by atoms with Crippen molar-refractivity contribution < 1.29 is 14.3 Å². The van der Waals surface area contributed by atoms with E-state index in [1.54, 1.807) is 49.6 Å². The van der Waals surface area contributed by atoms with Crippen LogP contribution < -0.4 is 10.6 Å². The van der Waals surface area contributed by atoms with Crippen LogP contribution in [0, 0.1) is 13.8 Å². The zero-order valence-corrected chi connectivity index (χ0v) is 21.5. The largest absolute Gasteiger partial charge is 0.377 e. The molecule has 0 aliphatic carbocycles. The minimum Gasteiger partial charge on any atom is -0.377 e. The van der Waals surface area contributed by atoms with Gasteiger partial charge in [0.15, 0.2) is 0 Å². The molecule has 0 bridgehead atoms. The number of imidazole rings is 1. The van der Waals surface area contributed by atoms with Crippen molar-refractivity contribution in [3.05, 3.63) is 86.7 Å². The van der Waals surface area contributed by atoms with Crippen molar-refractivity contribution in [2.75, 3.05) is 17.7 Å². The lowest BCUT2D eigenvalue weighted by Gasteiger charge is -2.13. The second-order valence-electron chi connectivity index (χ2n) is 7.79. The number of ether oxygens (including phenoxy) is 1. The lowest BCUT2D eigenvalue weighted by Crippen LogP contribution is -2.16. The quantitative estimate of drug-likeness (QED) is 0.261. The van der Waals surface area contributed by atoms with Crippen LogP contribution in [0.2, 0.25) is 10.0 Å². The lowest BCUT2D eigenvalue weighted by atomic mass is 10.1. The van der Waals surface area contributed by atoms with E-state index >= 15 is 0 Å². The standard InChI is InChI=1S/C25H22Cl2N4O3.ClH/c1-13-6-4-8-18(27)22(13)25(33)28-15-10-16(23-20(11-15)29-21(31-23)12-34-3)24(32)30-19-9-5-7-17(26)14(19)2;/h4-11H,12H2,1-3H3,(H,28,33)(H,29,31)(H,30,32);1H. The summed E-state index contributed by atoms with van der Waals surface area (Å²) in [5.74, 6) is -0.220. The zero-order valence-electron chi connectivity index (χ0n) is 19.2. The van der Waals surface area contributed by atoms with E-state index in [4.69, 9.17) is 27.9 Å². The predicted octanol–water partition coefficient (Wildman–Crippen LogP) is 6.56. The van der Waals surface area contributed by atoms with Gasteiger partial charge in [0, 0.05) is 23.5 Å². The number of methoxy groups -OCH3 is 1. The van der Waals surface area contributed by atoms with Gasteiger partial charge in [-0.3, -0.25) is 9.59 Å². The second kappa shape index (κ2) is 11.1. The highest BCUT2D eigenvalue weighted by Gasteiger charge is 2.19. The fourth-order valence-electron chi connectivity index (χ4n) is 3.66. The summed E-state index contributed by atoms with van der Waals surface area (Å²) in [6.45, 7) is 3.87. The Morgan fingerprint density at radius 3 is 2.43 bits per heavy atom. The average Bonchev–Trinajstić information content (AvgIpc) is 3.19. The van der Waals surface area contributed by atoms with E-state index < -0.39 is 5.91 Å². The molecule has 0 saturated carbocycles. The topological polar surface area (TPSA) is 96.1 Å². The van der Waals surface area contributed by atoms with Crippen molar-refractivity contribution in [1.29, 1.82) is 0 Å². The van der Waals surface area contributed by atoms with Gasteiger partial charge in [0.2, 0.25) is 0 Å². The number of H-pyrrole nitrogens is 1. The van der Waals surface area contributed by atoms with Gasteiger partial charge in [-0.1, -0.05) is 41.4 Å². The molecule has 7 nitrogen and oxygen atoms in total. The van der Waals surface area contributed by atoms with Crippen LogP contribution >= 0.6 is 35.6 Å². The molecule has 4 rings (SSSR count). The smallest absolute Gasteiger partial charge is 0.258 e. The minimum absolute atomic E-state index is 0. The number of nitrogens with one attached hydrogen (secondary N) is 3. The number of hydrogen-bond donors (Lipinski definition) is 3. The maximum Gasteiger partial charge on any atom is 0.258 e. The maximum absolute atomic E-state index is 13.3. The number of benzene rings is 3. The molecular weight excluding hydrogens is 511 g/mol. The molecule has 10 heteroatoms. The van der Waals surface area contributed by atoms with Gasteiger partial charge in [0.1, 0.15) is 17.9 Å². The summed E-state index contributed by atoms with van der Waals surface area (Å²) in [6, 6.07) is 13.8. The number of amides is 2. The first-order valence-electron chi connectivity index (χ1n) is 10.4. The lowest BCUT2D eigenvalue weighted by molar-refractivity contribution is 0.101. The number of aryl methyl sites for hydroxylation is 1. The first kappa shape index (κ1) is 26.5. The van der Waals surface area contributed by atoms with Crippen LogP contribution in [0.25, 0.3) is 11.0 Å². The molecule has 3 aromatic carbocycles. The van der Waals surface area contributed by atoms with Crippen LogP contribution in [0.1, 0.15) is 37.7 Å². The molecule has 0 fully saturated rings. The number of halogens is 3. The van der Waals surface area contributed by atoms with Crippen molar-refractivity contribution >= 4 is 69.8 Å². The highest BCUT2D eigenvalue weighted by molar-refractivity contribution is 6.34. The minimum atomic E-state index is -0.393. The molecule has 1 heterocycles. The summed E-state index contributed by atoms with van der Waals surface area (Å²) < 4.78 is 5.17. The Morgan fingerprint density at radius 2 is 1.71 bits per heavy atom. The van der Waals surface area contributed by atoms with Crippen molar-refractivity contribution in [3.8, 4) is 0 Å². The summed E-state index contributed by atoms with van der Waals surface area (Å²) in [5.41, 5.74) is 4.16. The Hall–Kier alpha value is -3.10. The Labute approximate surface area is 218 Å². The van der Waals surface area contributed by atoms with E-state index in [1.807, 2.05) is 19.9 Å². The molecule has 3 N–H and O–H groups in total. The van der Waals surface area contributed by atoms with Crippen molar-refractivity contribution in [2.45, 2.75) is 20.5 Å². The summed E-state index contributed by atoms with van der Waals surface area (Å²) in [7, 11) is 1.56. The van der Waals surface area contributed by atoms with E-state index in [0.29, 0.717) is 43.8 Å². The van der Waals surface area contributed by atoms with Crippen LogP contribution in [0.5, 0.6) is 0 Å². The van der Waals surface area contributed by atoms with Gasteiger partial charge in [-0.05, 0) is 55.3 Å². The van der Waals surface area contributed by atoms with Gasteiger partial charge in [0.25, 0.3) is 11.8 Å². The number of carbonyl (C=O) groups is 2. The number of carbonyl (C=O) groups excluding carboxylic acids is 2. The number of aromatic nitrogens is 2. The first-order valence-corrected chi connectivity index (χ1v) is 11.2. The molecule has 4 aromatic rings. The summed E-state index contributed by atoms with van der Waals surface area (Å²) in [5, 5.41) is 6.63. The molecule has 2 amide bonds. The van der Waals surface area contributed by atoms with Crippen LogP contribution in [0.4, 0.5) is 11.4 Å². The van der Waals surface area contributed by atoms with Gasteiger partial charge in [-0.2, -0.15) is 0 Å². The van der Waals surface area contributed by atoms with Crippen molar-refractivity contribution in [3.63, 3.8) is 0 Å². The van der Waals surface area contributed by atoms with E-state index in [0.717, 1.165) is 11.1 Å². The van der Waals surface area contributed by atoms with Crippen LogP contribution in [0.3, 0.4) is 0 Å². The number of aromatic amines is 1. The molecular formula is C25H23Cl3N4O3. The van der Waals surface area contributed by atoms with Crippen molar-refractivity contribution in [1.82, 2.24) is 9.97 Å². The third kappa shape index (κ3) is 5.60. The molecule has 0 spiro atoms. The number of anilines is 2. The maximum atomic E-state index is 13.3. The molecule has 182 valence electrons. The summed E-state index contributed by atoms with van der Waals surface area (Å²) in [4.78, 5) is 33.9. The SMILES string of the molecule is COCc1nc2c(C(=O)Nc3cccc(Cl)c3C)cc(NC(=O)c3c(C)cccc3Cl)cc2[nH]1.Cl. The van der Waals surface area contributed by atoms with Gasteiger partial charge in [-0.25, -0.2) is 4.98 Å². The first-order chi connectivity index (χ1) is 16.3. The number of nitrogens with zero attached hydrogens (tertiary/aromatic N) is 1. The Bertz CT molecular complexity index is 1400. The molecule has 0 aliphatic rings. The van der Waals surface area contributed by atoms with Gasteiger partial charge in [0.05, 0.1) is 21.7 Å². The summed E-state index contributed by atoms with van der Waals surface area (Å²) in [6.07, 6.45) is 0. The van der Waals surface area contributed by atoms with Gasteiger partial charge in [-0.15, -0.1) is 12.4 Å². The van der Waals surface area contributed by atoms with Crippen LogP contribution in [-0.2, 0) is 11.3 Å². The monoisotopic (exact) mass is 532 g/mol. The molecule has 0 radical (unpaired) electrons.